The van der Waals surface area contributed by atoms with Gasteiger partial charge in [-0.05, 0) is 12.8 Å². The first-order valence-corrected chi connectivity index (χ1v) is 5.89. The molecule has 1 fully saturated rings. The molecule has 3 N–H and O–H groups in total. The molecule has 102 valence electrons. The fourth-order valence-electron chi connectivity index (χ4n) is 1.91. The van der Waals surface area contributed by atoms with Gasteiger partial charge in [-0.2, -0.15) is 0 Å². The quantitative estimate of drug-likeness (QED) is 0.613. The Morgan fingerprint density at radius 1 is 1.33 bits per heavy atom. The van der Waals surface area contributed by atoms with Gasteiger partial charge in [0.05, 0.1) is 13.5 Å². The van der Waals surface area contributed by atoms with Gasteiger partial charge >= 0.3 is 18.0 Å². The molecule has 0 saturated heterocycles. The van der Waals surface area contributed by atoms with Crippen LogP contribution < -0.4 is 10.6 Å². The second-order valence-corrected chi connectivity index (χ2v) is 4.27. The number of carboxylic acid groups (broad SMARTS) is 1. The molecule has 7 nitrogen and oxygen atoms in total. The van der Waals surface area contributed by atoms with Gasteiger partial charge in [-0.25, -0.2) is 9.59 Å². The Hall–Kier alpha value is -1.79. The molecule has 18 heavy (non-hydrogen) atoms. The third kappa shape index (κ3) is 4.60. The van der Waals surface area contributed by atoms with Gasteiger partial charge in [0, 0.05) is 6.04 Å². The highest BCUT2D eigenvalue weighted by Crippen LogP contribution is 2.17. The molecule has 0 spiro atoms. The molecule has 1 atom stereocenters. The number of carbonyl (C=O) groups is 3. The summed E-state index contributed by atoms with van der Waals surface area (Å²) in [6, 6.07) is -1.73. The lowest BCUT2D eigenvalue weighted by Crippen LogP contribution is -2.49. The SMILES string of the molecule is COC(=O)C[C@H](NC(=O)NC1CCCC1)C(=O)O. The second-order valence-electron chi connectivity index (χ2n) is 4.27. The van der Waals surface area contributed by atoms with Crippen LogP contribution in [0.3, 0.4) is 0 Å². The van der Waals surface area contributed by atoms with Crippen LogP contribution in [0.4, 0.5) is 4.79 Å². The molecule has 7 heteroatoms. The Kier molecular flexibility index (Phi) is 5.41. The van der Waals surface area contributed by atoms with Crippen molar-refractivity contribution in [1.29, 1.82) is 0 Å². The minimum atomic E-state index is -1.26. The van der Waals surface area contributed by atoms with E-state index in [1.807, 2.05) is 0 Å². The zero-order valence-electron chi connectivity index (χ0n) is 10.3. The molecular formula is C11H18N2O5. The third-order valence-corrected chi connectivity index (χ3v) is 2.89. The molecule has 1 aliphatic rings. The number of urea groups is 1. The number of nitrogens with one attached hydrogen (secondary N) is 2. The third-order valence-electron chi connectivity index (χ3n) is 2.89. The molecule has 0 heterocycles. The number of esters is 1. The van der Waals surface area contributed by atoms with Crippen molar-refractivity contribution >= 4 is 18.0 Å². The van der Waals surface area contributed by atoms with Crippen molar-refractivity contribution in [1.82, 2.24) is 10.6 Å². The summed E-state index contributed by atoms with van der Waals surface area (Å²) in [7, 11) is 1.17. The maximum atomic E-state index is 11.5. The Morgan fingerprint density at radius 2 is 1.94 bits per heavy atom. The number of amides is 2. The molecule has 1 saturated carbocycles. The highest BCUT2D eigenvalue weighted by molar-refractivity contribution is 5.86. The molecule has 0 unspecified atom stereocenters. The highest BCUT2D eigenvalue weighted by atomic mass is 16.5. The number of aliphatic carboxylic acids is 1. The standard InChI is InChI=1S/C11H18N2O5/c1-18-9(14)6-8(10(15)16)13-11(17)12-7-4-2-3-5-7/h7-8H,2-6H2,1H3,(H,15,16)(H2,12,13,17)/t8-/m0/s1. The fourth-order valence-corrected chi connectivity index (χ4v) is 1.91. The molecule has 2 amide bonds. The monoisotopic (exact) mass is 258 g/mol. The van der Waals surface area contributed by atoms with Crippen LogP contribution >= 0.6 is 0 Å². The van der Waals surface area contributed by atoms with E-state index in [1.54, 1.807) is 0 Å². The molecule has 0 bridgehead atoms. The topological polar surface area (TPSA) is 105 Å². The van der Waals surface area contributed by atoms with E-state index in [-0.39, 0.29) is 12.5 Å². The Morgan fingerprint density at radius 3 is 2.44 bits per heavy atom. The van der Waals surface area contributed by atoms with Crippen LogP contribution in [0.5, 0.6) is 0 Å². The number of methoxy groups -OCH3 is 1. The van der Waals surface area contributed by atoms with E-state index in [0.29, 0.717) is 0 Å². The van der Waals surface area contributed by atoms with Gasteiger partial charge in [-0.1, -0.05) is 12.8 Å². The highest BCUT2D eigenvalue weighted by Gasteiger charge is 2.25. The van der Waals surface area contributed by atoms with Crippen LogP contribution in [0.25, 0.3) is 0 Å². The number of rotatable bonds is 5. The summed E-state index contributed by atoms with van der Waals surface area (Å²) < 4.78 is 4.37. The predicted octanol–water partition coefficient (Wildman–Crippen LogP) is 0.245. The number of carbonyl (C=O) groups excluding carboxylic acids is 2. The van der Waals surface area contributed by atoms with Crippen molar-refractivity contribution in [2.24, 2.45) is 0 Å². The van der Waals surface area contributed by atoms with Crippen LogP contribution in [-0.4, -0.2) is 42.3 Å². The minimum absolute atomic E-state index is 0.0950. The first kappa shape index (κ1) is 14.3. The average molecular weight is 258 g/mol. The molecule has 0 aliphatic heterocycles. The maximum absolute atomic E-state index is 11.5. The molecular weight excluding hydrogens is 240 g/mol. The first-order chi connectivity index (χ1) is 8.52. The summed E-state index contributed by atoms with van der Waals surface area (Å²) in [6.07, 6.45) is 3.55. The van der Waals surface area contributed by atoms with E-state index >= 15 is 0 Å². The summed E-state index contributed by atoms with van der Waals surface area (Å²) in [5.74, 6) is -1.94. The molecule has 0 aromatic carbocycles. The first-order valence-electron chi connectivity index (χ1n) is 5.89. The normalized spacial score (nSPS) is 16.9. The number of ether oxygens (including phenoxy) is 1. The smallest absolute Gasteiger partial charge is 0.326 e. The summed E-state index contributed by atoms with van der Waals surface area (Å²) in [4.78, 5) is 33.4. The Bertz CT molecular complexity index is 325. The van der Waals surface area contributed by atoms with Crippen molar-refractivity contribution in [3.8, 4) is 0 Å². The van der Waals surface area contributed by atoms with Crippen molar-refractivity contribution < 1.29 is 24.2 Å². The zero-order chi connectivity index (χ0) is 13.5. The molecule has 0 aromatic rings. The number of hydrogen-bond donors (Lipinski definition) is 3. The lowest BCUT2D eigenvalue weighted by atomic mass is 10.2. The van der Waals surface area contributed by atoms with E-state index in [1.165, 1.54) is 7.11 Å². The van der Waals surface area contributed by atoms with Gasteiger partial charge in [0.2, 0.25) is 0 Å². The fraction of sp³-hybridized carbons (Fsp3) is 0.727. The van der Waals surface area contributed by atoms with E-state index in [0.717, 1.165) is 25.7 Å². The maximum Gasteiger partial charge on any atom is 0.326 e. The van der Waals surface area contributed by atoms with Gasteiger partial charge in [-0.3, -0.25) is 4.79 Å². The molecule has 1 aliphatic carbocycles. The van der Waals surface area contributed by atoms with E-state index < -0.39 is 24.0 Å². The Balaban J connectivity index is 2.41. The van der Waals surface area contributed by atoms with Gasteiger partial charge < -0.3 is 20.5 Å². The molecule has 0 aromatic heterocycles. The van der Waals surface area contributed by atoms with Crippen LogP contribution in [0.15, 0.2) is 0 Å². The van der Waals surface area contributed by atoms with E-state index in [4.69, 9.17) is 5.11 Å². The summed E-state index contributed by atoms with van der Waals surface area (Å²) in [5.41, 5.74) is 0. The van der Waals surface area contributed by atoms with Crippen LogP contribution in [0, 0.1) is 0 Å². The van der Waals surface area contributed by atoms with Crippen molar-refractivity contribution in [3.63, 3.8) is 0 Å². The molecule has 1 rings (SSSR count). The van der Waals surface area contributed by atoms with Gasteiger partial charge in [0.1, 0.15) is 6.04 Å². The summed E-state index contributed by atoms with van der Waals surface area (Å²) >= 11 is 0. The van der Waals surface area contributed by atoms with Crippen LogP contribution in [0.2, 0.25) is 0 Å². The largest absolute Gasteiger partial charge is 0.480 e. The summed E-state index contributed by atoms with van der Waals surface area (Å²) in [6.45, 7) is 0. The Labute approximate surface area is 105 Å². The minimum Gasteiger partial charge on any atom is -0.480 e. The lowest BCUT2D eigenvalue weighted by Gasteiger charge is -2.17. The van der Waals surface area contributed by atoms with Crippen molar-refractivity contribution in [2.75, 3.05) is 7.11 Å². The van der Waals surface area contributed by atoms with E-state index in [2.05, 4.69) is 15.4 Å². The van der Waals surface area contributed by atoms with Crippen LogP contribution in [0.1, 0.15) is 32.1 Å². The zero-order valence-corrected chi connectivity index (χ0v) is 10.3. The van der Waals surface area contributed by atoms with Gasteiger partial charge in [-0.15, -0.1) is 0 Å². The van der Waals surface area contributed by atoms with Crippen molar-refractivity contribution in [3.05, 3.63) is 0 Å². The second kappa shape index (κ2) is 6.83. The predicted molar refractivity (Wildman–Crippen MR) is 62.0 cm³/mol. The average Bonchev–Trinajstić information content (AvgIpc) is 2.80. The summed E-state index contributed by atoms with van der Waals surface area (Å²) in [5, 5.41) is 13.8. The number of hydrogen-bond acceptors (Lipinski definition) is 4. The van der Waals surface area contributed by atoms with E-state index in [9.17, 15) is 14.4 Å². The lowest BCUT2D eigenvalue weighted by molar-refractivity contribution is -0.147. The van der Waals surface area contributed by atoms with Gasteiger partial charge in [0.15, 0.2) is 0 Å². The van der Waals surface area contributed by atoms with Crippen LogP contribution in [-0.2, 0) is 14.3 Å². The van der Waals surface area contributed by atoms with Crippen molar-refractivity contribution in [2.45, 2.75) is 44.2 Å². The van der Waals surface area contributed by atoms with Gasteiger partial charge in [0.25, 0.3) is 0 Å². The number of carboxylic acids is 1. The molecule has 0 radical (unpaired) electrons.